The summed E-state index contributed by atoms with van der Waals surface area (Å²) in [6.45, 7) is 3.48. The first-order valence-electron chi connectivity index (χ1n) is 9.27. The Kier molecular flexibility index (Phi) is 6.92. The van der Waals surface area contributed by atoms with E-state index in [-0.39, 0.29) is 11.9 Å². The molecule has 1 atom stereocenters. The van der Waals surface area contributed by atoms with Gasteiger partial charge in [0, 0.05) is 29.8 Å². The standard InChI is InChI=1S/C21H24Cl2N2O3/c1-14(28-20-8-3-15(22)13-19(20)23)21(26)24-16-9-11-25(12-10-16)17-4-6-18(27-2)7-5-17/h3-8,13-14,16H,9-12H2,1-2H3,(H,24,26). The van der Waals surface area contributed by atoms with Crippen molar-refractivity contribution in [2.75, 3.05) is 25.1 Å². The van der Waals surface area contributed by atoms with E-state index < -0.39 is 6.10 Å². The van der Waals surface area contributed by atoms with E-state index in [0.717, 1.165) is 31.7 Å². The zero-order valence-corrected chi connectivity index (χ0v) is 17.5. The van der Waals surface area contributed by atoms with Gasteiger partial charge in [-0.15, -0.1) is 0 Å². The van der Waals surface area contributed by atoms with Crippen LogP contribution < -0.4 is 19.7 Å². The van der Waals surface area contributed by atoms with Gasteiger partial charge >= 0.3 is 0 Å². The van der Waals surface area contributed by atoms with Gasteiger partial charge in [-0.2, -0.15) is 0 Å². The molecule has 7 heteroatoms. The summed E-state index contributed by atoms with van der Waals surface area (Å²) in [5, 5.41) is 4.00. The molecule has 2 aromatic rings. The highest BCUT2D eigenvalue weighted by Gasteiger charge is 2.24. The predicted molar refractivity (Wildman–Crippen MR) is 113 cm³/mol. The van der Waals surface area contributed by atoms with Crippen molar-refractivity contribution < 1.29 is 14.3 Å². The van der Waals surface area contributed by atoms with Crippen LogP contribution in [0.1, 0.15) is 19.8 Å². The van der Waals surface area contributed by atoms with Crippen LogP contribution in [-0.2, 0) is 4.79 Å². The third-order valence-corrected chi connectivity index (χ3v) is 5.38. The minimum atomic E-state index is -0.640. The Morgan fingerprint density at radius 3 is 2.43 bits per heavy atom. The summed E-state index contributed by atoms with van der Waals surface area (Å²) in [6.07, 6.45) is 1.12. The van der Waals surface area contributed by atoms with Crippen molar-refractivity contribution in [2.24, 2.45) is 0 Å². The molecule has 2 aromatic carbocycles. The molecule has 1 aliphatic heterocycles. The van der Waals surface area contributed by atoms with Crippen molar-refractivity contribution in [3.05, 3.63) is 52.5 Å². The number of benzene rings is 2. The molecule has 0 aliphatic carbocycles. The molecular formula is C21H24Cl2N2O3. The van der Waals surface area contributed by atoms with E-state index in [4.69, 9.17) is 32.7 Å². The van der Waals surface area contributed by atoms with E-state index in [1.807, 2.05) is 12.1 Å². The fraction of sp³-hybridized carbons (Fsp3) is 0.381. The first-order chi connectivity index (χ1) is 13.5. The molecular weight excluding hydrogens is 399 g/mol. The number of rotatable bonds is 6. The van der Waals surface area contributed by atoms with E-state index in [1.165, 1.54) is 5.69 Å². The highest BCUT2D eigenvalue weighted by atomic mass is 35.5. The van der Waals surface area contributed by atoms with Gasteiger partial charge in [-0.1, -0.05) is 23.2 Å². The van der Waals surface area contributed by atoms with Crippen LogP contribution >= 0.6 is 23.2 Å². The monoisotopic (exact) mass is 422 g/mol. The van der Waals surface area contributed by atoms with Crippen molar-refractivity contribution in [3.63, 3.8) is 0 Å². The molecule has 0 aromatic heterocycles. The lowest BCUT2D eigenvalue weighted by molar-refractivity contribution is -0.128. The van der Waals surface area contributed by atoms with E-state index in [1.54, 1.807) is 32.2 Å². The van der Waals surface area contributed by atoms with Gasteiger partial charge in [0.25, 0.3) is 5.91 Å². The van der Waals surface area contributed by atoms with Crippen LogP contribution in [0.4, 0.5) is 5.69 Å². The summed E-state index contributed by atoms with van der Waals surface area (Å²) in [5.74, 6) is 1.15. The second kappa shape index (κ2) is 9.39. The van der Waals surface area contributed by atoms with Crippen LogP contribution in [-0.4, -0.2) is 38.3 Å². The Labute approximate surface area is 175 Å². The summed E-state index contributed by atoms with van der Waals surface area (Å²) in [4.78, 5) is 14.8. The quantitative estimate of drug-likeness (QED) is 0.741. The number of nitrogens with zero attached hydrogens (tertiary/aromatic N) is 1. The van der Waals surface area contributed by atoms with E-state index >= 15 is 0 Å². The summed E-state index contributed by atoms with van der Waals surface area (Å²) >= 11 is 12.0. The molecule has 3 rings (SSSR count). The molecule has 1 amide bonds. The van der Waals surface area contributed by atoms with Crippen molar-refractivity contribution in [1.29, 1.82) is 0 Å². The van der Waals surface area contributed by atoms with Crippen LogP contribution in [0.3, 0.4) is 0 Å². The highest BCUT2D eigenvalue weighted by molar-refractivity contribution is 6.35. The Morgan fingerprint density at radius 1 is 1.14 bits per heavy atom. The number of nitrogens with one attached hydrogen (secondary N) is 1. The number of hydrogen-bond acceptors (Lipinski definition) is 4. The topological polar surface area (TPSA) is 50.8 Å². The third kappa shape index (κ3) is 5.24. The lowest BCUT2D eigenvalue weighted by Crippen LogP contribution is -2.48. The van der Waals surface area contributed by atoms with Crippen molar-refractivity contribution >= 4 is 34.8 Å². The zero-order valence-electron chi connectivity index (χ0n) is 16.0. The number of carbonyl (C=O) groups is 1. The van der Waals surface area contributed by atoms with E-state index in [0.29, 0.717) is 15.8 Å². The Bertz CT molecular complexity index is 806. The smallest absolute Gasteiger partial charge is 0.260 e. The maximum Gasteiger partial charge on any atom is 0.260 e. The number of anilines is 1. The van der Waals surface area contributed by atoms with Crippen molar-refractivity contribution in [2.45, 2.75) is 31.9 Å². The number of methoxy groups -OCH3 is 1. The normalized spacial score (nSPS) is 15.8. The molecule has 0 bridgehead atoms. The zero-order chi connectivity index (χ0) is 20.1. The second-order valence-corrected chi connectivity index (χ2v) is 7.65. The number of carbonyl (C=O) groups excluding carboxylic acids is 1. The molecule has 1 aliphatic rings. The largest absolute Gasteiger partial charge is 0.497 e. The Morgan fingerprint density at radius 2 is 1.82 bits per heavy atom. The SMILES string of the molecule is COc1ccc(N2CCC(NC(=O)C(C)Oc3ccc(Cl)cc3Cl)CC2)cc1. The Hall–Kier alpha value is -2.11. The summed E-state index contributed by atoms with van der Waals surface area (Å²) in [7, 11) is 1.66. The number of ether oxygens (including phenoxy) is 2. The average molecular weight is 423 g/mol. The Balaban J connectivity index is 1.48. The van der Waals surface area contributed by atoms with Gasteiger partial charge in [0.1, 0.15) is 11.5 Å². The van der Waals surface area contributed by atoms with Crippen LogP contribution in [0.2, 0.25) is 10.0 Å². The number of amides is 1. The van der Waals surface area contributed by atoms with Crippen LogP contribution in [0, 0.1) is 0 Å². The van der Waals surface area contributed by atoms with Gasteiger partial charge < -0.3 is 19.7 Å². The number of hydrogen-bond donors (Lipinski definition) is 1. The van der Waals surface area contributed by atoms with Crippen LogP contribution in [0.5, 0.6) is 11.5 Å². The summed E-state index contributed by atoms with van der Waals surface area (Å²) in [6, 6.07) is 13.1. The van der Waals surface area contributed by atoms with Gasteiger partial charge in [0.15, 0.2) is 6.10 Å². The molecule has 0 radical (unpaired) electrons. The molecule has 1 saturated heterocycles. The van der Waals surface area contributed by atoms with Crippen LogP contribution in [0.15, 0.2) is 42.5 Å². The molecule has 1 heterocycles. The fourth-order valence-electron chi connectivity index (χ4n) is 3.21. The van der Waals surface area contributed by atoms with Gasteiger partial charge in [0.2, 0.25) is 0 Å². The fourth-order valence-corrected chi connectivity index (χ4v) is 3.66. The minimum absolute atomic E-state index is 0.133. The molecule has 1 unspecified atom stereocenters. The van der Waals surface area contributed by atoms with Gasteiger partial charge in [-0.25, -0.2) is 0 Å². The predicted octanol–water partition coefficient (Wildman–Crippen LogP) is 4.55. The van der Waals surface area contributed by atoms with Crippen molar-refractivity contribution in [3.8, 4) is 11.5 Å². The molecule has 0 spiro atoms. The average Bonchev–Trinajstić information content (AvgIpc) is 2.70. The molecule has 5 nitrogen and oxygen atoms in total. The molecule has 0 saturated carbocycles. The van der Waals surface area contributed by atoms with Gasteiger partial charge in [-0.05, 0) is 62.2 Å². The molecule has 1 fully saturated rings. The second-order valence-electron chi connectivity index (χ2n) is 6.80. The molecule has 28 heavy (non-hydrogen) atoms. The lowest BCUT2D eigenvalue weighted by atomic mass is 10.0. The highest BCUT2D eigenvalue weighted by Crippen LogP contribution is 2.28. The van der Waals surface area contributed by atoms with Gasteiger partial charge in [-0.3, -0.25) is 4.79 Å². The van der Waals surface area contributed by atoms with Crippen molar-refractivity contribution in [1.82, 2.24) is 5.32 Å². The van der Waals surface area contributed by atoms with E-state index in [9.17, 15) is 4.79 Å². The first kappa shape index (κ1) is 20.6. The minimum Gasteiger partial charge on any atom is -0.497 e. The molecule has 1 N–H and O–H groups in total. The first-order valence-corrected chi connectivity index (χ1v) is 10.0. The number of piperidine rings is 1. The van der Waals surface area contributed by atoms with Gasteiger partial charge in [0.05, 0.1) is 12.1 Å². The molecule has 150 valence electrons. The lowest BCUT2D eigenvalue weighted by Gasteiger charge is -2.34. The van der Waals surface area contributed by atoms with E-state index in [2.05, 4.69) is 22.3 Å². The maximum absolute atomic E-state index is 12.5. The maximum atomic E-state index is 12.5. The summed E-state index contributed by atoms with van der Waals surface area (Å²) < 4.78 is 10.9. The number of halogens is 2. The third-order valence-electron chi connectivity index (χ3n) is 4.85. The summed E-state index contributed by atoms with van der Waals surface area (Å²) in [5.41, 5.74) is 1.17. The van der Waals surface area contributed by atoms with Crippen LogP contribution in [0.25, 0.3) is 0 Å².